The first-order valence-corrected chi connectivity index (χ1v) is 25.4. The van der Waals surface area contributed by atoms with Crippen LogP contribution in [0.5, 0.6) is 23.0 Å². The number of amides is 1. The Bertz CT molecular complexity index is 2520. The molecule has 0 aromatic heterocycles. The quantitative estimate of drug-likeness (QED) is 0.0200. The number of oxime groups is 1. The smallest absolute Gasteiger partial charge is 0.410 e. The molecule has 16 heteroatoms. The molecule has 4 aromatic rings. The number of carbonyl (C=O) groups excluding carboxylic acids is 1. The molecular formula is C55H63N3O12S. The van der Waals surface area contributed by atoms with Crippen LogP contribution in [0.15, 0.2) is 138 Å². The zero-order chi connectivity index (χ0) is 49.6. The minimum absolute atomic E-state index is 0.00331. The SMILES string of the molecule is C=CCCOC(=O)N(Cc1ccc2c(c1)OCO2)[C@H]1CC(=NOCc2ccc([N+](=O)[O-])cc2)C2=C[C@H](CCCCO)[C@@H](CCCCO)[C@@H]3c4cc(OCCSc5ccccc5)ccc4O[C@@]1(OCC=C)[C@H]23. The summed E-state index contributed by atoms with van der Waals surface area (Å²) in [6.07, 6.45) is 9.88. The number of rotatable bonds is 26. The topological polar surface area (TPSA) is 181 Å². The van der Waals surface area contributed by atoms with Gasteiger partial charge in [-0.3, -0.25) is 15.0 Å². The van der Waals surface area contributed by atoms with E-state index in [1.165, 1.54) is 12.1 Å². The minimum Gasteiger partial charge on any atom is -0.493 e. The van der Waals surface area contributed by atoms with E-state index in [1.54, 1.807) is 40.9 Å². The summed E-state index contributed by atoms with van der Waals surface area (Å²) < 4.78 is 38.6. The minimum atomic E-state index is -1.55. The largest absolute Gasteiger partial charge is 0.493 e. The summed E-state index contributed by atoms with van der Waals surface area (Å²) >= 11 is 1.72. The van der Waals surface area contributed by atoms with Crippen molar-refractivity contribution in [1.82, 2.24) is 4.90 Å². The van der Waals surface area contributed by atoms with E-state index in [0.29, 0.717) is 60.1 Å². The maximum absolute atomic E-state index is 14.9. The van der Waals surface area contributed by atoms with Gasteiger partial charge in [0.05, 0.1) is 36.4 Å². The van der Waals surface area contributed by atoms with Crippen LogP contribution < -0.4 is 18.9 Å². The summed E-state index contributed by atoms with van der Waals surface area (Å²) in [4.78, 5) is 34.9. The predicted molar refractivity (Wildman–Crippen MR) is 270 cm³/mol. The molecule has 0 radical (unpaired) electrons. The zero-order valence-corrected chi connectivity index (χ0v) is 40.8. The molecule has 15 nitrogen and oxygen atoms in total. The molecule has 0 bridgehead atoms. The monoisotopic (exact) mass is 989 g/mol. The van der Waals surface area contributed by atoms with Gasteiger partial charge >= 0.3 is 6.09 Å². The highest BCUT2D eigenvalue weighted by Crippen LogP contribution is 2.62. The van der Waals surface area contributed by atoms with Gasteiger partial charge < -0.3 is 43.5 Å². The number of nitro groups is 1. The third kappa shape index (κ3) is 12.1. The molecule has 2 heterocycles. The molecule has 1 saturated carbocycles. The number of thioether (sulfide) groups is 1. The molecule has 6 atom stereocenters. The van der Waals surface area contributed by atoms with Crippen LogP contribution in [-0.2, 0) is 27.5 Å². The van der Waals surface area contributed by atoms with Crippen molar-refractivity contribution in [3.8, 4) is 23.0 Å². The third-order valence-corrected chi connectivity index (χ3v) is 14.5. The summed E-state index contributed by atoms with van der Waals surface area (Å²) in [7, 11) is 0. The standard InChI is InChI=1S/C55H63N3O12S/c1-3-5-28-65-54(61)57(35-39-19-23-49-50(31-39)67-37-66-49)51-34-47(56-69-36-38-17-20-41(21-18-38)58(62)63)45-32-40(13-9-11-25-59)44(16-10-12-26-60)52-46-33-42(64-29-30-71-43-14-7-6-8-15-43)22-24-48(46)70-55(51,53(45)52)68-27-4-2/h3-4,6-8,14-15,17-24,31-33,40,44,51-53,59-60H,1-2,5,9-13,16,25-30,34-37H2/t40-,44+,51-,52+,53+,55+/m0/s1. The second kappa shape index (κ2) is 24.7. The van der Waals surface area contributed by atoms with Gasteiger partial charge in [0.2, 0.25) is 12.6 Å². The first kappa shape index (κ1) is 51.0. The van der Waals surface area contributed by atoms with Crippen molar-refractivity contribution in [2.75, 3.05) is 45.6 Å². The summed E-state index contributed by atoms with van der Waals surface area (Å²) in [5.41, 5.74) is 3.75. The number of aliphatic hydroxyl groups is 2. The normalized spacial score (nSPS) is 22.0. The number of unbranched alkanes of at least 4 members (excludes halogenated alkanes) is 2. The lowest BCUT2D eigenvalue weighted by Gasteiger charge is -2.59. The van der Waals surface area contributed by atoms with Crippen molar-refractivity contribution in [1.29, 1.82) is 0 Å². The van der Waals surface area contributed by atoms with Crippen molar-refractivity contribution in [2.24, 2.45) is 22.9 Å². The molecule has 4 aliphatic rings. The fraction of sp³-hybridized carbons (Fsp3) is 0.418. The number of ether oxygens (including phenoxy) is 6. The van der Waals surface area contributed by atoms with Crippen LogP contribution in [0.25, 0.3) is 0 Å². The van der Waals surface area contributed by atoms with Crippen LogP contribution in [0.2, 0.25) is 0 Å². The molecule has 2 aliphatic heterocycles. The van der Waals surface area contributed by atoms with Gasteiger partial charge in [0, 0.05) is 60.4 Å². The number of nitrogens with zero attached hydrogens (tertiary/aromatic N) is 3. The van der Waals surface area contributed by atoms with Gasteiger partial charge in [0.1, 0.15) is 24.1 Å². The van der Waals surface area contributed by atoms with Crippen LogP contribution in [0, 0.1) is 27.9 Å². The average molecular weight is 990 g/mol. The molecule has 1 amide bonds. The van der Waals surface area contributed by atoms with Gasteiger partial charge in [-0.05, 0) is 115 Å². The number of hydrogen-bond acceptors (Lipinski definition) is 14. The summed E-state index contributed by atoms with van der Waals surface area (Å²) in [6.45, 7) is 8.79. The first-order valence-electron chi connectivity index (χ1n) is 24.4. The van der Waals surface area contributed by atoms with E-state index in [1.807, 2.05) is 48.5 Å². The van der Waals surface area contributed by atoms with Crippen molar-refractivity contribution < 1.29 is 53.2 Å². The molecule has 71 heavy (non-hydrogen) atoms. The number of nitro benzene ring substituents is 1. The lowest BCUT2D eigenvalue weighted by Crippen LogP contribution is -2.70. The number of non-ortho nitro benzene ring substituents is 1. The Hall–Kier alpha value is -6.33. The first-order chi connectivity index (χ1) is 34.8. The number of carbonyl (C=O) groups is 1. The Kier molecular flexibility index (Phi) is 17.7. The van der Waals surface area contributed by atoms with Gasteiger partial charge in [-0.1, -0.05) is 60.5 Å². The van der Waals surface area contributed by atoms with Crippen molar-refractivity contribution in [3.05, 3.63) is 155 Å². The summed E-state index contributed by atoms with van der Waals surface area (Å²) in [5, 5.41) is 36.5. The molecule has 4 aromatic carbocycles. The fourth-order valence-corrected chi connectivity index (χ4v) is 11.1. The molecule has 0 spiro atoms. The summed E-state index contributed by atoms with van der Waals surface area (Å²) in [5.74, 6) is 0.702. The molecule has 2 aliphatic carbocycles. The van der Waals surface area contributed by atoms with Gasteiger partial charge in [0.25, 0.3) is 5.69 Å². The summed E-state index contributed by atoms with van der Waals surface area (Å²) in [6, 6.07) is 26.9. The number of allylic oxidation sites excluding steroid dienone is 1. The van der Waals surface area contributed by atoms with E-state index in [0.717, 1.165) is 53.0 Å². The Balaban J connectivity index is 1.28. The third-order valence-electron chi connectivity index (χ3n) is 13.5. The van der Waals surface area contributed by atoms with E-state index in [-0.39, 0.29) is 76.2 Å². The van der Waals surface area contributed by atoms with Crippen LogP contribution in [0.1, 0.15) is 74.0 Å². The number of fused-ring (bicyclic) bond motifs is 3. The fourth-order valence-electron chi connectivity index (χ4n) is 10.3. The molecule has 0 unspecified atom stereocenters. The molecule has 0 saturated heterocycles. The van der Waals surface area contributed by atoms with Gasteiger partial charge in [0.15, 0.2) is 11.5 Å². The van der Waals surface area contributed by atoms with E-state index >= 15 is 0 Å². The van der Waals surface area contributed by atoms with E-state index in [2.05, 4.69) is 37.4 Å². The zero-order valence-electron chi connectivity index (χ0n) is 39.9. The Morgan fingerprint density at radius 3 is 2.42 bits per heavy atom. The van der Waals surface area contributed by atoms with Crippen molar-refractivity contribution in [2.45, 2.75) is 87.2 Å². The Morgan fingerprint density at radius 1 is 0.901 bits per heavy atom. The second-order valence-corrected chi connectivity index (χ2v) is 19.2. The highest BCUT2D eigenvalue weighted by molar-refractivity contribution is 7.99. The number of aliphatic hydroxyl groups excluding tert-OH is 2. The second-order valence-electron chi connectivity index (χ2n) is 18.0. The molecule has 1 fully saturated rings. The maximum Gasteiger partial charge on any atom is 0.410 e. The van der Waals surface area contributed by atoms with Crippen LogP contribution in [0.4, 0.5) is 10.5 Å². The van der Waals surface area contributed by atoms with Gasteiger partial charge in [-0.15, -0.1) is 24.9 Å². The molecular weight excluding hydrogens is 927 g/mol. The highest BCUT2D eigenvalue weighted by Gasteiger charge is 2.65. The molecule has 2 N–H and O–H groups in total. The predicted octanol–water partition coefficient (Wildman–Crippen LogP) is 10.5. The van der Waals surface area contributed by atoms with E-state index in [9.17, 15) is 25.1 Å². The van der Waals surface area contributed by atoms with Crippen molar-refractivity contribution in [3.63, 3.8) is 0 Å². The molecule has 8 rings (SSSR count). The van der Waals surface area contributed by atoms with Gasteiger partial charge in [-0.2, -0.15) is 0 Å². The average Bonchev–Trinajstić information content (AvgIpc) is 3.86. The molecule has 376 valence electrons. The lowest BCUT2D eigenvalue weighted by molar-refractivity contribution is -0.384. The number of benzene rings is 4. The maximum atomic E-state index is 14.9. The van der Waals surface area contributed by atoms with Crippen LogP contribution >= 0.6 is 11.8 Å². The van der Waals surface area contributed by atoms with E-state index < -0.39 is 28.8 Å². The highest BCUT2D eigenvalue weighted by atomic mass is 32.2. The lowest BCUT2D eigenvalue weighted by atomic mass is 9.55. The Morgan fingerprint density at radius 2 is 1.66 bits per heavy atom. The van der Waals surface area contributed by atoms with Crippen LogP contribution in [0.3, 0.4) is 0 Å². The van der Waals surface area contributed by atoms with E-state index in [4.69, 9.17) is 38.4 Å². The van der Waals surface area contributed by atoms with Crippen LogP contribution in [-0.4, -0.2) is 89.3 Å². The Labute approximate surface area is 419 Å². The number of hydrogen-bond donors (Lipinski definition) is 2. The van der Waals surface area contributed by atoms with Crippen molar-refractivity contribution >= 4 is 29.3 Å². The van der Waals surface area contributed by atoms with Gasteiger partial charge in [-0.25, -0.2) is 4.79 Å².